The van der Waals surface area contributed by atoms with Crippen LogP contribution in [-0.2, 0) is 19.5 Å². The van der Waals surface area contributed by atoms with Crippen molar-refractivity contribution in [3.05, 3.63) is 88.2 Å². The maximum atomic E-state index is 4.74. The van der Waals surface area contributed by atoms with Gasteiger partial charge in [0.05, 0.1) is 12.2 Å². The molecule has 0 bridgehead atoms. The van der Waals surface area contributed by atoms with Crippen LogP contribution in [0.2, 0.25) is 0 Å². The molecule has 130 valence electrons. The van der Waals surface area contributed by atoms with Crippen LogP contribution in [0.15, 0.2) is 54.6 Å². The molecule has 2 aromatic carbocycles. The Bertz CT molecular complexity index is 801. The van der Waals surface area contributed by atoms with Gasteiger partial charge in [-0.3, -0.25) is 4.68 Å². The van der Waals surface area contributed by atoms with Gasteiger partial charge in [0.1, 0.15) is 0 Å². The van der Waals surface area contributed by atoms with E-state index >= 15 is 0 Å². The second kappa shape index (κ2) is 8.13. The van der Waals surface area contributed by atoms with E-state index in [1.807, 2.05) is 0 Å². The summed E-state index contributed by atoms with van der Waals surface area (Å²) in [5, 5.41) is 8.30. The highest BCUT2D eigenvalue weighted by atomic mass is 15.3. The van der Waals surface area contributed by atoms with Crippen LogP contribution in [0.5, 0.6) is 0 Å². The van der Waals surface area contributed by atoms with Crippen LogP contribution in [0.3, 0.4) is 0 Å². The minimum Gasteiger partial charge on any atom is -0.312 e. The molecule has 0 amide bonds. The van der Waals surface area contributed by atoms with E-state index in [9.17, 15) is 0 Å². The molecule has 0 atom stereocenters. The minimum absolute atomic E-state index is 0.830. The van der Waals surface area contributed by atoms with Gasteiger partial charge in [-0.25, -0.2) is 0 Å². The average molecular weight is 333 g/mol. The van der Waals surface area contributed by atoms with Crippen LogP contribution < -0.4 is 5.32 Å². The van der Waals surface area contributed by atoms with Crippen molar-refractivity contribution >= 4 is 0 Å². The first-order chi connectivity index (χ1) is 12.1. The SMILES string of the molecule is Cc1ccc(Cn2nc(C)c(CNCCc3ccccc3)c2C)cc1. The van der Waals surface area contributed by atoms with Crippen LogP contribution in [0.4, 0.5) is 0 Å². The normalized spacial score (nSPS) is 11.0. The molecule has 25 heavy (non-hydrogen) atoms. The molecule has 0 radical (unpaired) electrons. The standard InChI is InChI=1S/C22H27N3/c1-17-9-11-21(12-10-17)16-25-19(3)22(18(2)24-25)15-23-14-13-20-7-5-4-6-8-20/h4-12,23H,13-16H2,1-3H3. The number of benzene rings is 2. The first-order valence-corrected chi connectivity index (χ1v) is 8.96. The molecule has 0 unspecified atom stereocenters. The quantitative estimate of drug-likeness (QED) is 0.657. The van der Waals surface area contributed by atoms with Crippen molar-refractivity contribution in [2.45, 2.75) is 40.3 Å². The van der Waals surface area contributed by atoms with Gasteiger partial charge >= 0.3 is 0 Å². The summed E-state index contributed by atoms with van der Waals surface area (Å²) in [7, 11) is 0. The molecule has 3 heteroatoms. The van der Waals surface area contributed by atoms with Gasteiger partial charge in [0.15, 0.2) is 0 Å². The third-order valence-corrected chi connectivity index (χ3v) is 4.72. The van der Waals surface area contributed by atoms with Crippen molar-refractivity contribution in [1.29, 1.82) is 0 Å². The van der Waals surface area contributed by atoms with Crippen molar-refractivity contribution in [2.24, 2.45) is 0 Å². The molecule has 1 N–H and O–H groups in total. The highest BCUT2D eigenvalue weighted by Crippen LogP contribution is 2.15. The van der Waals surface area contributed by atoms with E-state index in [4.69, 9.17) is 5.10 Å². The van der Waals surface area contributed by atoms with Gasteiger partial charge in [0.2, 0.25) is 0 Å². The zero-order valence-corrected chi connectivity index (χ0v) is 15.4. The van der Waals surface area contributed by atoms with Gasteiger partial charge in [-0.2, -0.15) is 5.10 Å². The molecule has 3 nitrogen and oxygen atoms in total. The molecule has 3 rings (SSSR count). The number of hydrogen-bond acceptors (Lipinski definition) is 2. The van der Waals surface area contributed by atoms with Crippen LogP contribution in [0.1, 0.15) is 33.6 Å². The predicted molar refractivity (Wildman–Crippen MR) is 104 cm³/mol. The maximum absolute atomic E-state index is 4.74. The molecule has 1 heterocycles. The van der Waals surface area contributed by atoms with Crippen LogP contribution in [-0.4, -0.2) is 16.3 Å². The Labute approximate surface area is 150 Å². The van der Waals surface area contributed by atoms with Crippen molar-refractivity contribution in [3.8, 4) is 0 Å². The van der Waals surface area contributed by atoms with Gasteiger partial charge in [-0.05, 0) is 44.9 Å². The lowest BCUT2D eigenvalue weighted by atomic mass is 10.1. The Morgan fingerprint density at radius 3 is 2.32 bits per heavy atom. The fraction of sp³-hybridized carbons (Fsp3) is 0.318. The van der Waals surface area contributed by atoms with Crippen molar-refractivity contribution < 1.29 is 0 Å². The summed E-state index contributed by atoms with van der Waals surface area (Å²) in [4.78, 5) is 0. The summed E-state index contributed by atoms with van der Waals surface area (Å²) >= 11 is 0. The molecule has 1 aromatic heterocycles. The molecule has 0 spiro atoms. The van der Waals surface area contributed by atoms with Crippen molar-refractivity contribution in [2.75, 3.05) is 6.54 Å². The van der Waals surface area contributed by atoms with Gasteiger partial charge in [-0.15, -0.1) is 0 Å². The Morgan fingerprint density at radius 2 is 1.60 bits per heavy atom. The summed E-state index contributed by atoms with van der Waals surface area (Å²) in [6.45, 7) is 9.07. The monoisotopic (exact) mass is 333 g/mol. The Kier molecular flexibility index (Phi) is 5.67. The topological polar surface area (TPSA) is 29.9 Å². The van der Waals surface area contributed by atoms with Gasteiger partial charge in [-0.1, -0.05) is 60.2 Å². The number of rotatable bonds is 7. The van der Waals surface area contributed by atoms with Gasteiger partial charge in [0, 0.05) is 17.8 Å². The number of nitrogens with one attached hydrogen (secondary N) is 1. The maximum Gasteiger partial charge on any atom is 0.0662 e. The molecule has 0 saturated carbocycles. The Morgan fingerprint density at radius 1 is 0.880 bits per heavy atom. The number of nitrogens with zero attached hydrogens (tertiary/aromatic N) is 2. The van der Waals surface area contributed by atoms with Crippen molar-refractivity contribution in [1.82, 2.24) is 15.1 Å². The largest absolute Gasteiger partial charge is 0.312 e. The van der Waals surface area contributed by atoms with Gasteiger partial charge in [0.25, 0.3) is 0 Å². The smallest absolute Gasteiger partial charge is 0.0662 e. The first-order valence-electron chi connectivity index (χ1n) is 8.96. The molecule has 0 aliphatic rings. The fourth-order valence-corrected chi connectivity index (χ4v) is 3.10. The minimum atomic E-state index is 0.830. The molecule has 0 fully saturated rings. The number of hydrogen-bond donors (Lipinski definition) is 1. The van der Waals surface area contributed by atoms with Crippen LogP contribution in [0.25, 0.3) is 0 Å². The van der Waals surface area contributed by atoms with Crippen LogP contribution in [0, 0.1) is 20.8 Å². The van der Waals surface area contributed by atoms with Crippen LogP contribution >= 0.6 is 0 Å². The lowest BCUT2D eigenvalue weighted by Gasteiger charge is -2.08. The summed E-state index contributed by atoms with van der Waals surface area (Å²) < 4.78 is 2.12. The molecular weight excluding hydrogens is 306 g/mol. The number of aromatic nitrogens is 2. The van der Waals surface area contributed by atoms with Crippen molar-refractivity contribution in [3.63, 3.8) is 0 Å². The zero-order chi connectivity index (χ0) is 17.6. The van der Waals surface area contributed by atoms with Gasteiger partial charge < -0.3 is 5.32 Å². The van der Waals surface area contributed by atoms with E-state index in [0.29, 0.717) is 0 Å². The summed E-state index contributed by atoms with van der Waals surface area (Å²) in [6, 6.07) is 19.3. The molecule has 3 aromatic rings. The highest BCUT2D eigenvalue weighted by molar-refractivity contribution is 5.27. The second-order valence-corrected chi connectivity index (χ2v) is 6.70. The van der Waals surface area contributed by atoms with E-state index in [0.717, 1.165) is 31.7 Å². The van der Waals surface area contributed by atoms with E-state index < -0.39 is 0 Å². The van der Waals surface area contributed by atoms with E-state index in [-0.39, 0.29) is 0 Å². The summed E-state index contributed by atoms with van der Waals surface area (Å²) in [5.74, 6) is 0. The van der Waals surface area contributed by atoms with E-state index in [1.54, 1.807) is 0 Å². The summed E-state index contributed by atoms with van der Waals surface area (Å²) in [5.41, 5.74) is 7.65. The average Bonchev–Trinajstić information content (AvgIpc) is 2.88. The third-order valence-electron chi connectivity index (χ3n) is 4.72. The van der Waals surface area contributed by atoms with E-state index in [2.05, 4.69) is 85.4 Å². The molecule has 0 saturated heterocycles. The predicted octanol–water partition coefficient (Wildman–Crippen LogP) is 4.19. The summed E-state index contributed by atoms with van der Waals surface area (Å²) in [6.07, 6.45) is 1.05. The molecule has 0 aliphatic heterocycles. The second-order valence-electron chi connectivity index (χ2n) is 6.70. The number of aryl methyl sites for hydroxylation is 2. The Balaban J connectivity index is 1.58. The first kappa shape index (κ1) is 17.4. The zero-order valence-electron chi connectivity index (χ0n) is 15.4. The molecular formula is C22H27N3. The third kappa shape index (κ3) is 4.58. The lowest BCUT2D eigenvalue weighted by Crippen LogP contribution is -2.17. The molecule has 0 aliphatic carbocycles. The lowest BCUT2D eigenvalue weighted by molar-refractivity contribution is 0.652. The van der Waals surface area contributed by atoms with E-state index in [1.165, 1.54) is 27.9 Å². The highest BCUT2D eigenvalue weighted by Gasteiger charge is 2.11. The Hall–Kier alpha value is -2.39. The fourth-order valence-electron chi connectivity index (χ4n) is 3.10.